The molecule has 1 aliphatic heterocycles. The number of hydrogen-bond acceptors (Lipinski definition) is 4. The summed E-state index contributed by atoms with van der Waals surface area (Å²) in [5.41, 5.74) is 3.63. The fraction of sp³-hybridized carbons (Fsp3) is 0.500. The van der Waals surface area contributed by atoms with Crippen molar-refractivity contribution in [2.24, 2.45) is 0 Å². The van der Waals surface area contributed by atoms with E-state index in [0.717, 1.165) is 36.4 Å². The Morgan fingerprint density at radius 2 is 2.22 bits per heavy atom. The van der Waals surface area contributed by atoms with Crippen molar-refractivity contribution in [3.8, 4) is 0 Å². The summed E-state index contributed by atoms with van der Waals surface area (Å²) >= 11 is 0. The quantitative estimate of drug-likeness (QED) is 0.835. The van der Waals surface area contributed by atoms with E-state index in [2.05, 4.69) is 11.4 Å². The number of esters is 1. The van der Waals surface area contributed by atoms with E-state index >= 15 is 0 Å². The molecule has 1 aromatic rings. The van der Waals surface area contributed by atoms with Crippen LogP contribution in [0.25, 0.3) is 0 Å². The van der Waals surface area contributed by atoms with Crippen LogP contribution in [0.3, 0.4) is 0 Å². The third-order valence-corrected chi connectivity index (χ3v) is 3.37. The van der Waals surface area contributed by atoms with Crippen LogP contribution in [-0.2, 0) is 9.47 Å². The molecule has 1 aromatic carbocycles. The predicted molar refractivity (Wildman–Crippen MR) is 70.1 cm³/mol. The zero-order valence-electron chi connectivity index (χ0n) is 11.1. The van der Waals surface area contributed by atoms with Crippen molar-refractivity contribution in [3.63, 3.8) is 0 Å². The second kappa shape index (κ2) is 5.40. The lowest BCUT2D eigenvalue weighted by molar-refractivity contribution is 0.0600. The van der Waals surface area contributed by atoms with Gasteiger partial charge in [0.1, 0.15) is 0 Å². The second-order valence-electron chi connectivity index (χ2n) is 4.66. The molecule has 1 atom stereocenters. The van der Waals surface area contributed by atoms with Gasteiger partial charge in [-0.15, -0.1) is 0 Å². The summed E-state index contributed by atoms with van der Waals surface area (Å²) in [5.74, 6) is -0.290. The van der Waals surface area contributed by atoms with Crippen molar-refractivity contribution in [2.75, 3.05) is 25.6 Å². The third-order valence-electron chi connectivity index (χ3n) is 3.37. The van der Waals surface area contributed by atoms with Crippen LogP contribution < -0.4 is 5.32 Å². The minimum atomic E-state index is -0.290. The van der Waals surface area contributed by atoms with Crippen molar-refractivity contribution in [2.45, 2.75) is 26.3 Å². The molecule has 0 amide bonds. The molecule has 0 spiro atoms. The highest BCUT2D eigenvalue weighted by atomic mass is 16.5. The zero-order valence-corrected chi connectivity index (χ0v) is 11.1. The molecule has 0 radical (unpaired) electrons. The first kappa shape index (κ1) is 12.9. The van der Waals surface area contributed by atoms with Crippen molar-refractivity contribution < 1.29 is 14.3 Å². The first-order valence-electron chi connectivity index (χ1n) is 6.15. The molecule has 0 saturated carbocycles. The first-order valence-corrected chi connectivity index (χ1v) is 6.15. The number of rotatable bonds is 3. The topological polar surface area (TPSA) is 47.6 Å². The summed E-state index contributed by atoms with van der Waals surface area (Å²) in [6.07, 6.45) is 1.00. The van der Waals surface area contributed by atoms with E-state index in [9.17, 15) is 4.79 Å². The lowest BCUT2D eigenvalue weighted by atomic mass is 10.0. The number of hydrogen-bond donors (Lipinski definition) is 1. The molecular formula is C14H19NO3. The smallest absolute Gasteiger partial charge is 0.338 e. The van der Waals surface area contributed by atoms with E-state index in [-0.39, 0.29) is 5.97 Å². The fourth-order valence-electron chi connectivity index (χ4n) is 2.15. The van der Waals surface area contributed by atoms with E-state index in [1.54, 1.807) is 0 Å². The summed E-state index contributed by atoms with van der Waals surface area (Å²) in [6, 6.07) is 4.24. The molecule has 98 valence electrons. The highest BCUT2D eigenvalue weighted by Crippen LogP contribution is 2.22. The summed E-state index contributed by atoms with van der Waals surface area (Å²) in [7, 11) is 1.40. The van der Waals surface area contributed by atoms with E-state index < -0.39 is 0 Å². The van der Waals surface area contributed by atoms with Crippen LogP contribution in [0.4, 0.5) is 5.69 Å². The standard InChI is InChI=1S/C14H19NO3/c1-9-6-12(15-11-4-5-18-8-11)7-13(10(9)2)14(16)17-3/h6-7,11,15H,4-5,8H2,1-3H3/t11-/m0/s1. The van der Waals surface area contributed by atoms with E-state index in [1.165, 1.54) is 7.11 Å². The van der Waals surface area contributed by atoms with Gasteiger partial charge in [-0.25, -0.2) is 4.79 Å². The van der Waals surface area contributed by atoms with Crippen molar-refractivity contribution >= 4 is 11.7 Å². The Hall–Kier alpha value is -1.55. The molecule has 0 aliphatic carbocycles. The average Bonchev–Trinajstić information content (AvgIpc) is 2.85. The van der Waals surface area contributed by atoms with Gasteiger partial charge in [0, 0.05) is 12.3 Å². The highest BCUT2D eigenvalue weighted by molar-refractivity contribution is 5.92. The molecule has 4 nitrogen and oxygen atoms in total. The van der Waals surface area contributed by atoms with E-state index in [4.69, 9.17) is 9.47 Å². The van der Waals surface area contributed by atoms with Crippen LogP contribution in [-0.4, -0.2) is 32.3 Å². The lowest BCUT2D eigenvalue weighted by Crippen LogP contribution is -2.19. The van der Waals surface area contributed by atoms with E-state index in [1.807, 2.05) is 19.9 Å². The molecule has 1 fully saturated rings. The largest absolute Gasteiger partial charge is 0.465 e. The molecule has 1 aliphatic rings. The predicted octanol–water partition coefficient (Wildman–Crippen LogP) is 2.29. The van der Waals surface area contributed by atoms with Crippen LogP contribution in [0.2, 0.25) is 0 Å². The molecule has 0 aromatic heterocycles. The van der Waals surface area contributed by atoms with Gasteiger partial charge in [-0.1, -0.05) is 0 Å². The first-order chi connectivity index (χ1) is 8.61. The number of nitrogens with one attached hydrogen (secondary N) is 1. The van der Waals surface area contributed by atoms with Crippen molar-refractivity contribution in [3.05, 3.63) is 28.8 Å². The number of ether oxygens (including phenoxy) is 2. The fourth-order valence-corrected chi connectivity index (χ4v) is 2.15. The minimum Gasteiger partial charge on any atom is -0.465 e. The molecule has 1 saturated heterocycles. The average molecular weight is 249 g/mol. The normalized spacial score (nSPS) is 18.7. The Morgan fingerprint density at radius 1 is 1.44 bits per heavy atom. The Kier molecular flexibility index (Phi) is 3.87. The molecule has 0 unspecified atom stereocenters. The van der Waals surface area contributed by atoms with Crippen LogP contribution in [0.15, 0.2) is 12.1 Å². The Labute approximate surface area is 107 Å². The summed E-state index contributed by atoms with van der Waals surface area (Å²) < 4.78 is 10.1. The van der Waals surface area contributed by atoms with Gasteiger partial charge in [0.2, 0.25) is 0 Å². The van der Waals surface area contributed by atoms with Gasteiger partial charge >= 0.3 is 5.97 Å². The Bertz CT molecular complexity index is 451. The number of methoxy groups -OCH3 is 1. The summed E-state index contributed by atoms with van der Waals surface area (Å²) in [6.45, 7) is 5.45. The maximum absolute atomic E-state index is 11.7. The summed E-state index contributed by atoms with van der Waals surface area (Å²) in [4.78, 5) is 11.7. The number of benzene rings is 1. The number of carbonyl (C=O) groups excluding carboxylic acids is 1. The SMILES string of the molecule is COC(=O)c1cc(N[C@H]2CCOC2)cc(C)c1C. The molecule has 18 heavy (non-hydrogen) atoms. The number of carbonyl (C=O) groups is 1. The Balaban J connectivity index is 2.25. The molecule has 0 bridgehead atoms. The van der Waals surface area contributed by atoms with Gasteiger partial charge in [0.25, 0.3) is 0 Å². The van der Waals surface area contributed by atoms with Crippen LogP contribution >= 0.6 is 0 Å². The van der Waals surface area contributed by atoms with Gasteiger partial charge in [-0.05, 0) is 43.5 Å². The Morgan fingerprint density at radius 3 is 2.83 bits per heavy atom. The zero-order chi connectivity index (χ0) is 13.1. The van der Waals surface area contributed by atoms with Crippen molar-refractivity contribution in [1.82, 2.24) is 0 Å². The maximum Gasteiger partial charge on any atom is 0.338 e. The summed E-state index contributed by atoms with van der Waals surface area (Å²) in [5, 5.41) is 3.40. The van der Waals surface area contributed by atoms with Gasteiger partial charge < -0.3 is 14.8 Å². The van der Waals surface area contributed by atoms with Gasteiger partial charge in [0.05, 0.1) is 25.3 Å². The third kappa shape index (κ3) is 2.64. The van der Waals surface area contributed by atoms with Crippen LogP contribution in [0, 0.1) is 13.8 Å². The minimum absolute atomic E-state index is 0.290. The number of aryl methyl sites for hydroxylation is 1. The molecule has 2 rings (SSSR count). The molecule has 4 heteroatoms. The molecular weight excluding hydrogens is 230 g/mol. The van der Waals surface area contributed by atoms with Crippen LogP contribution in [0.5, 0.6) is 0 Å². The second-order valence-corrected chi connectivity index (χ2v) is 4.66. The number of anilines is 1. The van der Waals surface area contributed by atoms with Crippen molar-refractivity contribution in [1.29, 1.82) is 0 Å². The van der Waals surface area contributed by atoms with Gasteiger partial charge in [0.15, 0.2) is 0 Å². The van der Waals surface area contributed by atoms with Crippen LogP contribution in [0.1, 0.15) is 27.9 Å². The van der Waals surface area contributed by atoms with Gasteiger partial charge in [-0.3, -0.25) is 0 Å². The lowest BCUT2D eigenvalue weighted by Gasteiger charge is -2.15. The van der Waals surface area contributed by atoms with Gasteiger partial charge in [-0.2, -0.15) is 0 Å². The monoisotopic (exact) mass is 249 g/mol. The highest BCUT2D eigenvalue weighted by Gasteiger charge is 2.17. The molecule has 1 N–H and O–H groups in total. The maximum atomic E-state index is 11.7. The molecule has 1 heterocycles. The van der Waals surface area contributed by atoms with E-state index in [0.29, 0.717) is 11.6 Å².